The van der Waals surface area contributed by atoms with Crippen molar-refractivity contribution >= 4 is 126 Å². The molecule has 86 heavy (non-hydrogen) atoms. The largest absolute Gasteiger partial charge is 0.376 e. The molecule has 2 aliphatic rings. The fraction of sp³-hybridized carbons (Fsp3) is 0.100. The maximum absolute atomic E-state index is 2.71. The van der Waals surface area contributed by atoms with Gasteiger partial charge in [0.2, 0.25) is 0 Å². The molecule has 0 N–H and O–H groups in total. The molecular weight excluding hydrogens is 1080 g/mol. The SMILES string of the molecule is CC(C)(C)c1ccc(N2B3c4ccc(N(c5cccc(-c6ccccc6)c5)c5cccc(-c6ccccc6)c5)cc4N(c4ccc(C(C)(C)C)cc4-c4ccccc4)c4cc5c(sc6ccccc65)c(c43)-c3cc4sc5ccccc5c4cc32)cc1. The fourth-order valence-electron chi connectivity index (χ4n) is 13.6. The first-order chi connectivity index (χ1) is 41.9. The van der Waals surface area contributed by atoms with E-state index < -0.39 is 0 Å². The molecule has 0 bridgehead atoms. The zero-order valence-corrected chi connectivity index (χ0v) is 50.8. The summed E-state index contributed by atoms with van der Waals surface area (Å²) in [5.74, 6) is 0. The highest BCUT2D eigenvalue weighted by Crippen LogP contribution is 2.55. The van der Waals surface area contributed by atoms with Crippen LogP contribution in [0.15, 0.2) is 267 Å². The number of hydrogen-bond acceptors (Lipinski definition) is 5. The molecule has 4 heterocycles. The molecule has 0 saturated carbocycles. The quantitative estimate of drug-likeness (QED) is 0.140. The molecule has 0 atom stereocenters. The smallest absolute Gasteiger partial charge is 0.333 e. The first kappa shape index (κ1) is 52.1. The van der Waals surface area contributed by atoms with Crippen molar-refractivity contribution in [3.63, 3.8) is 0 Å². The van der Waals surface area contributed by atoms with Crippen LogP contribution >= 0.6 is 22.7 Å². The summed E-state index contributed by atoms with van der Waals surface area (Å²) in [6.45, 7) is 13.7. The molecule has 2 aliphatic heterocycles. The Morgan fingerprint density at radius 2 is 0.884 bits per heavy atom. The minimum Gasteiger partial charge on any atom is -0.376 e. The molecule has 0 spiro atoms. The molecule has 0 radical (unpaired) electrons. The van der Waals surface area contributed by atoms with Gasteiger partial charge in [-0.05, 0) is 152 Å². The topological polar surface area (TPSA) is 9.72 Å². The number of fused-ring (bicyclic) bond motifs is 11. The summed E-state index contributed by atoms with van der Waals surface area (Å²) in [5, 5.41) is 5.14. The van der Waals surface area contributed by atoms with E-state index in [0.29, 0.717) is 0 Å². The van der Waals surface area contributed by atoms with Crippen LogP contribution in [0.3, 0.4) is 0 Å². The van der Waals surface area contributed by atoms with E-state index in [2.05, 4.69) is 323 Å². The van der Waals surface area contributed by atoms with Gasteiger partial charge in [0.25, 0.3) is 0 Å². The summed E-state index contributed by atoms with van der Waals surface area (Å²) in [5.41, 5.74) is 23.7. The van der Waals surface area contributed by atoms with Crippen molar-refractivity contribution in [2.75, 3.05) is 14.6 Å². The predicted octanol–water partition coefficient (Wildman–Crippen LogP) is 22.2. The van der Waals surface area contributed by atoms with Gasteiger partial charge >= 0.3 is 6.85 Å². The van der Waals surface area contributed by atoms with Gasteiger partial charge in [0, 0.05) is 96.8 Å². The number of rotatable bonds is 8. The van der Waals surface area contributed by atoms with Gasteiger partial charge in [-0.25, -0.2) is 0 Å². The second kappa shape index (κ2) is 20.1. The standard InChI is InChI=1S/C80H62BN3S2/c1-79(2,3)56-36-39-58(40-37-56)84-70-48-65-62-32-16-18-34-73(62)85-75(65)50-67(70)76-77-72(49-66-63-33-17-19-35-74(63)86-78(66)76)83(69-43-38-57(80(4,5)6)46-64(69)53-26-14-9-15-27-53)71-47-61(41-42-68(71)81(77)84)82(59-30-20-28-54(44-59)51-22-10-7-11-23-51)60-31-21-29-55(45-60)52-24-12-8-13-25-52/h7-50H,1-6H3. The molecule has 6 heteroatoms. The highest BCUT2D eigenvalue weighted by Gasteiger charge is 2.47. The van der Waals surface area contributed by atoms with Gasteiger partial charge in [0.05, 0.1) is 5.69 Å². The van der Waals surface area contributed by atoms with E-state index in [1.165, 1.54) is 107 Å². The summed E-state index contributed by atoms with van der Waals surface area (Å²) in [6.07, 6.45) is 0. The van der Waals surface area contributed by atoms with Crippen LogP contribution in [-0.4, -0.2) is 6.85 Å². The van der Waals surface area contributed by atoms with E-state index >= 15 is 0 Å². The predicted molar refractivity (Wildman–Crippen MR) is 374 cm³/mol. The Morgan fingerprint density at radius 3 is 1.51 bits per heavy atom. The molecule has 0 fully saturated rings. The van der Waals surface area contributed by atoms with E-state index in [-0.39, 0.29) is 17.7 Å². The molecule has 0 aliphatic carbocycles. The van der Waals surface area contributed by atoms with Crippen LogP contribution in [0.1, 0.15) is 52.7 Å². The normalized spacial score (nSPS) is 12.9. The van der Waals surface area contributed by atoms with E-state index in [1.54, 1.807) is 0 Å². The Kier molecular flexibility index (Phi) is 12.2. The van der Waals surface area contributed by atoms with Crippen LogP contribution in [-0.2, 0) is 10.8 Å². The maximum atomic E-state index is 2.71. The molecule has 0 unspecified atom stereocenters. The Bertz CT molecular complexity index is 4890. The van der Waals surface area contributed by atoms with Crippen molar-refractivity contribution in [3.05, 3.63) is 278 Å². The van der Waals surface area contributed by atoms with E-state index in [1.807, 2.05) is 22.7 Å². The zero-order chi connectivity index (χ0) is 58.0. The van der Waals surface area contributed by atoms with Crippen molar-refractivity contribution in [3.8, 4) is 44.5 Å². The van der Waals surface area contributed by atoms with E-state index in [0.717, 1.165) is 45.3 Å². The fourth-order valence-corrected chi connectivity index (χ4v) is 16.0. The van der Waals surface area contributed by atoms with Gasteiger partial charge in [-0.2, -0.15) is 0 Å². The van der Waals surface area contributed by atoms with Crippen LogP contribution in [0.4, 0.5) is 45.5 Å². The summed E-state index contributed by atoms with van der Waals surface area (Å²) < 4.78 is 5.22. The minimum absolute atomic E-state index is 0.0207. The molecule has 12 aromatic carbocycles. The Morgan fingerprint density at radius 1 is 0.349 bits per heavy atom. The molecule has 0 saturated heterocycles. The lowest BCUT2D eigenvalue weighted by Crippen LogP contribution is -2.61. The molecule has 16 rings (SSSR count). The summed E-state index contributed by atoms with van der Waals surface area (Å²) in [6, 6.07) is 101. The highest BCUT2D eigenvalue weighted by atomic mass is 32.1. The number of nitrogens with zero attached hydrogens (tertiary/aromatic N) is 3. The Hall–Kier alpha value is -9.46. The van der Waals surface area contributed by atoms with Gasteiger partial charge in [0.1, 0.15) is 0 Å². The Balaban J connectivity index is 1.04. The Labute approximate surface area is 512 Å². The van der Waals surface area contributed by atoms with Crippen LogP contribution in [0, 0.1) is 0 Å². The molecule has 412 valence electrons. The summed E-state index contributed by atoms with van der Waals surface area (Å²) >= 11 is 3.84. The minimum atomic E-state index is -0.226. The third kappa shape index (κ3) is 8.60. The van der Waals surface area contributed by atoms with Gasteiger partial charge in [-0.1, -0.05) is 217 Å². The average molecular weight is 1140 g/mol. The molecule has 14 aromatic rings. The van der Waals surface area contributed by atoms with Crippen molar-refractivity contribution < 1.29 is 0 Å². The zero-order valence-electron chi connectivity index (χ0n) is 49.1. The lowest BCUT2D eigenvalue weighted by molar-refractivity contribution is 0.590. The lowest BCUT2D eigenvalue weighted by Gasteiger charge is -2.46. The number of benzene rings is 12. The van der Waals surface area contributed by atoms with E-state index in [4.69, 9.17) is 0 Å². The molecule has 0 amide bonds. The second-order valence-electron chi connectivity index (χ2n) is 25.3. The van der Waals surface area contributed by atoms with Crippen molar-refractivity contribution in [2.45, 2.75) is 52.4 Å². The maximum Gasteiger partial charge on any atom is 0.333 e. The van der Waals surface area contributed by atoms with Crippen LogP contribution in [0.5, 0.6) is 0 Å². The second-order valence-corrected chi connectivity index (χ2v) is 27.4. The number of hydrogen-bond donors (Lipinski definition) is 0. The van der Waals surface area contributed by atoms with Crippen LogP contribution < -0.4 is 25.5 Å². The summed E-state index contributed by atoms with van der Waals surface area (Å²) in [7, 11) is 0. The summed E-state index contributed by atoms with van der Waals surface area (Å²) in [4.78, 5) is 7.85. The molecule has 3 nitrogen and oxygen atoms in total. The van der Waals surface area contributed by atoms with Gasteiger partial charge < -0.3 is 14.6 Å². The first-order valence-corrected chi connectivity index (χ1v) is 31.6. The van der Waals surface area contributed by atoms with Gasteiger partial charge in [0.15, 0.2) is 0 Å². The first-order valence-electron chi connectivity index (χ1n) is 30.0. The van der Waals surface area contributed by atoms with Crippen molar-refractivity contribution in [2.24, 2.45) is 0 Å². The number of anilines is 8. The lowest BCUT2D eigenvalue weighted by atomic mass is 9.43. The van der Waals surface area contributed by atoms with Gasteiger partial charge in [-0.15, -0.1) is 22.7 Å². The average Bonchev–Trinajstić information content (AvgIpc) is 1.98. The number of thiophene rings is 2. The van der Waals surface area contributed by atoms with Crippen molar-refractivity contribution in [1.82, 2.24) is 0 Å². The molecule has 2 aromatic heterocycles. The van der Waals surface area contributed by atoms with E-state index in [9.17, 15) is 0 Å². The van der Waals surface area contributed by atoms with Crippen LogP contribution in [0.2, 0.25) is 0 Å². The van der Waals surface area contributed by atoms with Crippen molar-refractivity contribution in [1.29, 1.82) is 0 Å². The van der Waals surface area contributed by atoms with Crippen LogP contribution in [0.25, 0.3) is 84.9 Å². The van der Waals surface area contributed by atoms with Gasteiger partial charge in [-0.3, -0.25) is 0 Å². The third-order valence-electron chi connectivity index (χ3n) is 17.9. The molecular formula is C80H62BN3S2. The third-order valence-corrected chi connectivity index (χ3v) is 20.3. The highest BCUT2D eigenvalue weighted by molar-refractivity contribution is 7.27. The monoisotopic (exact) mass is 1140 g/mol.